The molecule has 1 saturated heterocycles. The molecular weight excluding hydrogens is 504 g/mol. The second-order valence-corrected chi connectivity index (χ2v) is 9.46. The fourth-order valence-corrected chi connectivity index (χ4v) is 4.51. The van der Waals surface area contributed by atoms with Crippen molar-refractivity contribution in [3.63, 3.8) is 0 Å². The fraction of sp³-hybridized carbons (Fsp3) is 0.355. The van der Waals surface area contributed by atoms with Gasteiger partial charge in [-0.15, -0.1) is 0 Å². The van der Waals surface area contributed by atoms with E-state index < -0.39 is 0 Å². The molecule has 1 unspecified atom stereocenters. The molecule has 0 aromatic heterocycles. The number of para-hydroxylation sites is 1. The molecule has 0 saturated carbocycles. The van der Waals surface area contributed by atoms with Crippen LogP contribution in [-0.2, 0) is 4.79 Å². The summed E-state index contributed by atoms with van der Waals surface area (Å²) in [6, 6.07) is 14.1. The Hall–Kier alpha value is -4.40. The molecule has 3 rings (SSSR count). The van der Waals surface area contributed by atoms with Crippen LogP contribution in [0, 0.1) is 5.92 Å². The quantitative estimate of drug-likeness (QED) is 0.243. The van der Waals surface area contributed by atoms with Gasteiger partial charge in [0.15, 0.2) is 0 Å². The van der Waals surface area contributed by atoms with E-state index in [0.717, 1.165) is 36.5 Å². The first-order valence-corrected chi connectivity index (χ1v) is 13.1. The minimum atomic E-state index is -0.00296. The van der Waals surface area contributed by atoms with E-state index in [4.69, 9.17) is 4.99 Å². The van der Waals surface area contributed by atoms with Crippen LogP contribution in [0.15, 0.2) is 81.7 Å². The van der Waals surface area contributed by atoms with Crippen molar-refractivity contribution in [2.45, 2.75) is 34.1 Å². The van der Waals surface area contributed by atoms with Gasteiger partial charge in [-0.05, 0) is 75.1 Å². The predicted molar refractivity (Wildman–Crippen MR) is 164 cm³/mol. The van der Waals surface area contributed by atoms with Crippen molar-refractivity contribution >= 4 is 29.9 Å². The minimum absolute atomic E-state index is 0. The van der Waals surface area contributed by atoms with Crippen LogP contribution >= 0.6 is 0 Å². The molecule has 1 aliphatic heterocycles. The number of allylic oxidation sites excluding steroid dienone is 4. The number of piperidine rings is 1. The molecule has 2 aromatic carbocycles. The molecule has 9 nitrogen and oxygen atoms in total. The third kappa shape index (κ3) is 8.83. The van der Waals surface area contributed by atoms with E-state index in [0.29, 0.717) is 47.9 Å². The summed E-state index contributed by atoms with van der Waals surface area (Å²) in [5.74, 6) is 0.447. The predicted octanol–water partition coefficient (Wildman–Crippen LogP) is 4.58. The number of aromatic hydroxyl groups is 1. The van der Waals surface area contributed by atoms with Gasteiger partial charge in [0, 0.05) is 62.5 Å². The summed E-state index contributed by atoms with van der Waals surface area (Å²) in [5, 5.41) is 19.7. The Bertz CT molecular complexity index is 1260. The SMILES string of the molecule is C.CN=C/C(NC)=C(C)/N=C(\C=C(/C)NCC1CCCN(C(=O)c2ccc(NC=O)cc2)C1)c1ccccc1O. The monoisotopic (exact) mass is 546 g/mol. The van der Waals surface area contributed by atoms with Crippen molar-refractivity contribution in [1.29, 1.82) is 0 Å². The molecular formula is C31H42N6O3. The van der Waals surface area contributed by atoms with Gasteiger partial charge in [0.25, 0.3) is 5.91 Å². The number of carbonyl (C=O) groups excluding carboxylic acids is 2. The van der Waals surface area contributed by atoms with Crippen LogP contribution in [0.4, 0.5) is 5.69 Å². The number of nitrogens with one attached hydrogen (secondary N) is 3. The average Bonchev–Trinajstić information content (AvgIpc) is 2.95. The first-order chi connectivity index (χ1) is 18.9. The first-order valence-electron chi connectivity index (χ1n) is 13.1. The molecule has 2 aromatic rings. The van der Waals surface area contributed by atoms with Crippen LogP contribution in [0.2, 0.25) is 0 Å². The molecule has 1 atom stereocenters. The maximum Gasteiger partial charge on any atom is 0.253 e. The lowest BCUT2D eigenvalue weighted by atomic mass is 9.97. The number of hydrogen-bond acceptors (Lipinski definition) is 7. The van der Waals surface area contributed by atoms with E-state index in [1.165, 1.54) is 0 Å². The Morgan fingerprint density at radius 2 is 1.88 bits per heavy atom. The maximum absolute atomic E-state index is 13.1. The number of amides is 2. The number of anilines is 1. The summed E-state index contributed by atoms with van der Waals surface area (Å²) in [6.45, 7) is 5.97. The lowest BCUT2D eigenvalue weighted by Crippen LogP contribution is -2.42. The van der Waals surface area contributed by atoms with Gasteiger partial charge >= 0.3 is 0 Å². The normalized spacial score (nSPS) is 16.6. The molecule has 4 N–H and O–H groups in total. The van der Waals surface area contributed by atoms with Crippen molar-refractivity contribution in [2.24, 2.45) is 15.9 Å². The Labute approximate surface area is 237 Å². The van der Waals surface area contributed by atoms with Crippen molar-refractivity contribution < 1.29 is 14.7 Å². The zero-order valence-corrected chi connectivity index (χ0v) is 23.1. The van der Waals surface area contributed by atoms with Crippen molar-refractivity contribution in [2.75, 3.05) is 39.0 Å². The third-order valence-electron chi connectivity index (χ3n) is 6.57. The number of carbonyl (C=O) groups is 2. The van der Waals surface area contributed by atoms with Crippen LogP contribution in [0.25, 0.3) is 0 Å². The van der Waals surface area contributed by atoms with E-state index in [2.05, 4.69) is 20.9 Å². The zero-order valence-electron chi connectivity index (χ0n) is 23.1. The minimum Gasteiger partial charge on any atom is -0.507 e. The Morgan fingerprint density at radius 1 is 1.15 bits per heavy atom. The summed E-state index contributed by atoms with van der Waals surface area (Å²) in [4.78, 5) is 34.5. The number of likely N-dealkylation sites (tertiary alicyclic amines) is 1. The van der Waals surface area contributed by atoms with Crippen molar-refractivity contribution in [3.05, 3.63) is 82.8 Å². The van der Waals surface area contributed by atoms with E-state index in [1.54, 1.807) is 49.7 Å². The second-order valence-electron chi connectivity index (χ2n) is 9.46. The topological polar surface area (TPSA) is 118 Å². The summed E-state index contributed by atoms with van der Waals surface area (Å²) >= 11 is 0. The molecule has 2 amide bonds. The van der Waals surface area contributed by atoms with Crippen molar-refractivity contribution in [3.8, 4) is 5.75 Å². The van der Waals surface area contributed by atoms with Gasteiger partial charge in [0.2, 0.25) is 6.41 Å². The number of nitrogens with zero attached hydrogens (tertiary/aromatic N) is 3. The third-order valence-corrected chi connectivity index (χ3v) is 6.57. The molecule has 0 aliphatic carbocycles. The number of aliphatic imine (C=N–C) groups is 2. The van der Waals surface area contributed by atoms with E-state index in [1.807, 2.05) is 44.0 Å². The van der Waals surface area contributed by atoms with Gasteiger partial charge in [-0.1, -0.05) is 19.6 Å². The molecule has 1 fully saturated rings. The van der Waals surface area contributed by atoms with E-state index in [-0.39, 0.29) is 19.1 Å². The number of phenols is 1. The van der Waals surface area contributed by atoms with Crippen LogP contribution in [0.5, 0.6) is 5.75 Å². The largest absolute Gasteiger partial charge is 0.507 e. The molecule has 0 bridgehead atoms. The number of phenolic OH excluding ortho intramolecular Hbond substituents is 1. The lowest BCUT2D eigenvalue weighted by molar-refractivity contribution is -0.105. The highest BCUT2D eigenvalue weighted by Gasteiger charge is 2.24. The maximum atomic E-state index is 13.1. The summed E-state index contributed by atoms with van der Waals surface area (Å²) < 4.78 is 0. The Balaban J connectivity index is 0.00000560. The number of hydrogen-bond donors (Lipinski definition) is 4. The smallest absolute Gasteiger partial charge is 0.253 e. The summed E-state index contributed by atoms with van der Waals surface area (Å²) in [7, 11) is 3.52. The van der Waals surface area contributed by atoms with Crippen LogP contribution in [0.3, 0.4) is 0 Å². The zero-order chi connectivity index (χ0) is 28.2. The van der Waals surface area contributed by atoms with Gasteiger partial charge in [0.1, 0.15) is 5.75 Å². The summed E-state index contributed by atoms with van der Waals surface area (Å²) in [6.07, 6.45) is 6.21. The lowest BCUT2D eigenvalue weighted by Gasteiger charge is -2.33. The van der Waals surface area contributed by atoms with Crippen LogP contribution in [0.1, 0.15) is 50.0 Å². The Morgan fingerprint density at radius 3 is 2.52 bits per heavy atom. The molecule has 1 aliphatic rings. The Kier molecular flexibility index (Phi) is 12.6. The van der Waals surface area contributed by atoms with Gasteiger partial charge < -0.3 is 26.0 Å². The van der Waals surface area contributed by atoms with Crippen LogP contribution in [-0.4, -0.2) is 68.0 Å². The highest BCUT2D eigenvalue weighted by Crippen LogP contribution is 2.21. The standard InChI is InChI=1S/C30H38N6O3.CH4/c1-21(16-27(26-9-5-6-10-29(26)38)35-22(2)28(32-4)18-31-3)33-17-23-8-7-15-36(19-23)30(39)24-11-13-25(14-12-24)34-20-37;/h5-6,9-14,16,18,20,23,32-33,38H,7-8,15,17,19H2,1-4H3,(H,34,37);1H4/b21-16+,28-22-,31-18?,35-27+;. The first kappa shape index (κ1) is 31.8. The molecule has 0 radical (unpaired) electrons. The van der Waals surface area contributed by atoms with Gasteiger partial charge in [0.05, 0.1) is 17.1 Å². The van der Waals surface area contributed by atoms with Crippen molar-refractivity contribution in [1.82, 2.24) is 15.5 Å². The molecule has 214 valence electrons. The summed E-state index contributed by atoms with van der Waals surface area (Å²) in [5.41, 5.74) is 4.95. The van der Waals surface area contributed by atoms with E-state index >= 15 is 0 Å². The van der Waals surface area contributed by atoms with Gasteiger partial charge in [-0.2, -0.15) is 0 Å². The number of benzene rings is 2. The van der Waals surface area contributed by atoms with Crippen LogP contribution < -0.4 is 16.0 Å². The van der Waals surface area contributed by atoms with Gasteiger partial charge in [-0.25, -0.2) is 0 Å². The highest BCUT2D eigenvalue weighted by atomic mass is 16.3. The van der Waals surface area contributed by atoms with E-state index in [9.17, 15) is 14.7 Å². The molecule has 40 heavy (non-hydrogen) atoms. The molecule has 1 heterocycles. The molecule has 0 spiro atoms. The van der Waals surface area contributed by atoms with Gasteiger partial charge in [-0.3, -0.25) is 19.6 Å². The molecule has 9 heteroatoms. The highest BCUT2D eigenvalue weighted by molar-refractivity contribution is 6.11. The number of rotatable bonds is 11. The second kappa shape index (κ2) is 15.9. The fourth-order valence-electron chi connectivity index (χ4n) is 4.51. The average molecular weight is 547 g/mol.